The van der Waals surface area contributed by atoms with Gasteiger partial charge >= 0.3 is 0 Å². The highest BCUT2D eigenvalue weighted by Crippen LogP contribution is 2.41. The Morgan fingerprint density at radius 3 is 2.50 bits per heavy atom. The number of benzene rings is 1. The minimum absolute atomic E-state index is 0.0156. The van der Waals surface area contributed by atoms with Crippen molar-refractivity contribution in [3.8, 4) is 0 Å². The molecule has 1 aromatic rings. The Balaban J connectivity index is 1.75. The third-order valence-corrected chi connectivity index (χ3v) is 5.59. The van der Waals surface area contributed by atoms with Crippen molar-refractivity contribution in [3.63, 3.8) is 0 Å². The van der Waals surface area contributed by atoms with Gasteiger partial charge in [0, 0.05) is 18.2 Å². The van der Waals surface area contributed by atoms with Crippen LogP contribution in [0.25, 0.3) is 0 Å². The lowest BCUT2D eigenvalue weighted by Gasteiger charge is -2.35. The van der Waals surface area contributed by atoms with E-state index in [1.54, 1.807) is 0 Å². The molecule has 0 aliphatic heterocycles. The molecule has 0 heterocycles. The van der Waals surface area contributed by atoms with Crippen LogP contribution in [0, 0.1) is 19.3 Å². The number of anilines is 1. The zero-order valence-corrected chi connectivity index (χ0v) is 14.8. The fraction of sp³-hybridized carbons (Fsp3) is 0.600. The van der Waals surface area contributed by atoms with Gasteiger partial charge in [0.25, 0.3) is 0 Å². The van der Waals surface area contributed by atoms with Crippen LogP contribution in [0.3, 0.4) is 0 Å². The molecule has 4 nitrogen and oxygen atoms in total. The quantitative estimate of drug-likeness (QED) is 0.862. The molecule has 130 valence electrons. The van der Waals surface area contributed by atoms with E-state index in [4.69, 9.17) is 0 Å². The Morgan fingerprint density at radius 2 is 1.83 bits per heavy atom. The fourth-order valence-corrected chi connectivity index (χ4v) is 3.67. The van der Waals surface area contributed by atoms with Crippen LogP contribution in [0.4, 0.5) is 5.69 Å². The summed E-state index contributed by atoms with van der Waals surface area (Å²) in [7, 11) is 0. The number of hydrogen-bond donors (Lipinski definition) is 2. The number of amides is 2. The topological polar surface area (TPSA) is 58.2 Å². The smallest absolute Gasteiger partial charge is 0.231 e. The van der Waals surface area contributed by atoms with Gasteiger partial charge < -0.3 is 10.6 Å². The molecule has 0 radical (unpaired) electrons. The Hall–Kier alpha value is -1.84. The van der Waals surface area contributed by atoms with E-state index >= 15 is 0 Å². The van der Waals surface area contributed by atoms with Crippen LogP contribution in [0.15, 0.2) is 18.2 Å². The van der Waals surface area contributed by atoms with Gasteiger partial charge in [-0.25, -0.2) is 0 Å². The highest BCUT2D eigenvalue weighted by molar-refractivity contribution is 5.98. The minimum atomic E-state index is -0.548. The van der Waals surface area contributed by atoms with Crippen molar-refractivity contribution in [3.05, 3.63) is 29.3 Å². The zero-order chi connectivity index (χ0) is 17.2. The normalized spacial score (nSPS) is 19.6. The highest BCUT2D eigenvalue weighted by Gasteiger charge is 2.42. The second-order valence-electron chi connectivity index (χ2n) is 7.56. The Bertz CT molecular complexity index is 629. The van der Waals surface area contributed by atoms with E-state index < -0.39 is 5.41 Å². The first-order valence-corrected chi connectivity index (χ1v) is 9.17. The summed E-state index contributed by atoms with van der Waals surface area (Å²) >= 11 is 0. The van der Waals surface area contributed by atoms with Gasteiger partial charge in [-0.2, -0.15) is 0 Å². The average molecular weight is 328 g/mol. The van der Waals surface area contributed by atoms with E-state index in [0.29, 0.717) is 12.5 Å². The lowest BCUT2D eigenvalue weighted by atomic mass is 9.70. The van der Waals surface area contributed by atoms with Gasteiger partial charge in [-0.1, -0.05) is 31.4 Å². The molecule has 0 unspecified atom stereocenters. The second-order valence-corrected chi connectivity index (χ2v) is 7.56. The molecule has 0 saturated heterocycles. The molecule has 2 fully saturated rings. The predicted octanol–water partition coefficient (Wildman–Crippen LogP) is 3.86. The third kappa shape index (κ3) is 3.80. The number of aryl methyl sites for hydroxylation is 1. The summed E-state index contributed by atoms with van der Waals surface area (Å²) in [6.07, 6.45) is 7.29. The summed E-state index contributed by atoms with van der Waals surface area (Å²) in [5, 5.41) is 6.16. The van der Waals surface area contributed by atoms with Crippen LogP contribution in [0.1, 0.15) is 62.5 Å². The van der Waals surface area contributed by atoms with Crippen LogP contribution >= 0.6 is 0 Å². The monoisotopic (exact) mass is 328 g/mol. The van der Waals surface area contributed by atoms with Crippen molar-refractivity contribution in [2.45, 2.75) is 71.3 Å². The molecular formula is C20H28N2O2. The van der Waals surface area contributed by atoms with Crippen molar-refractivity contribution in [2.24, 2.45) is 5.41 Å². The first-order valence-electron chi connectivity index (χ1n) is 9.17. The molecule has 0 atom stereocenters. The molecule has 2 N–H and O–H groups in total. The first-order chi connectivity index (χ1) is 11.5. The molecule has 0 aromatic heterocycles. The number of rotatable bonds is 5. The van der Waals surface area contributed by atoms with E-state index in [9.17, 15) is 9.59 Å². The van der Waals surface area contributed by atoms with E-state index in [0.717, 1.165) is 61.8 Å². The van der Waals surface area contributed by atoms with E-state index in [1.807, 2.05) is 32.0 Å². The molecule has 24 heavy (non-hydrogen) atoms. The van der Waals surface area contributed by atoms with Crippen molar-refractivity contribution >= 4 is 17.5 Å². The highest BCUT2D eigenvalue weighted by atomic mass is 16.2. The molecular weight excluding hydrogens is 300 g/mol. The van der Waals surface area contributed by atoms with Crippen LogP contribution in [0.2, 0.25) is 0 Å². The molecule has 2 saturated carbocycles. The SMILES string of the molecule is Cc1cccc(NC(=O)C2(CC(=O)NC3CC3)CCCCC2)c1C. The summed E-state index contributed by atoms with van der Waals surface area (Å²) < 4.78 is 0. The molecule has 0 bridgehead atoms. The third-order valence-electron chi connectivity index (χ3n) is 5.59. The standard InChI is InChI=1S/C20H28N2O2/c1-14-7-6-8-17(15(14)2)22-19(24)20(11-4-3-5-12-20)13-18(23)21-16-9-10-16/h6-8,16H,3-5,9-13H2,1-2H3,(H,21,23)(H,22,24). The molecule has 2 aliphatic rings. The van der Waals surface area contributed by atoms with E-state index in [-0.39, 0.29) is 11.8 Å². The number of hydrogen-bond acceptors (Lipinski definition) is 2. The van der Waals surface area contributed by atoms with Crippen molar-refractivity contribution in [1.29, 1.82) is 0 Å². The first kappa shape index (κ1) is 17.0. The fourth-order valence-electron chi connectivity index (χ4n) is 3.67. The number of nitrogens with one attached hydrogen (secondary N) is 2. The van der Waals surface area contributed by atoms with Crippen molar-refractivity contribution < 1.29 is 9.59 Å². The van der Waals surface area contributed by atoms with Crippen molar-refractivity contribution in [2.75, 3.05) is 5.32 Å². The van der Waals surface area contributed by atoms with E-state index in [1.165, 1.54) is 0 Å². The largest absolute Gasteiger partial charge is 0.353 e. The summed E-state index contributed by atoms with van der Waals surface area (Å²) in [6.45, 7) is 4.07. The number of carbonyl (C=O) groups is 2. The van der Waals surface area contributed by atoms with Gasteiger partial charge in [-0.05, 0) is 56.7 Å². The summed E-state index contributed by atoms with van der Waals surface area (Å²) in [6, 6.07) is 6.30. The molecule has 2 amide bonds. The van der Waals surface area contributed by atoms with Crippen LogP contribution in [-0.4, -0.2) is 17.9 Å². The van der Waals surface area contributed by atoms with Gasteiger partial charge in [0.2, 0.25) is 11.8 Å². The van der Waals surface area contributed by atoms with Gasteiger partial charge in [-0.15, -0.1) is 0 Å². The minimum Gasteiger partial charge on any atom is -0.353 e. The van der Waals surface area contributed by atoms with Crippen molar-refractivity contribution in [1.82, 2.24) is 5.32 Å². The lowest BCUT2D eigenvalue weighted by molar-refractivity contribution is -0.134. The lowest BCUT2D eigenvalue weighted by Crippen LogP contribution is -2.42. The van der Waals surface area contributed by atoms with Gasteiger partial charge in [-0.3, -0.25) is 9.59 Å². The molecule has 0 spiro atoms. The maximum absolute atomic E-state index is 13.1. The molecule has 4 heteroatoms. The summed E-state index contributed by atoms with van der Waals surface area (Å²) in [5.74, 6) is 0.0531. The van der Waals surface area contributed by atoms with Crippen LogP contribution < -0.4 is 10.6 Å². The van der Waals surface area contributed by atoms with Crippen LogP contribution in [0.5, 0.6) is 0 Å². The molecule has 3 rings (SSSR count). The van der Waals surface area contributed by atoms with Gasteiger partial charge in [0.1, 0.15) is 0 Å². The van der Waals surface area contributed by atoms with Crippen LogP contribution in [-0.2, 0) is 9.59 Å². The zero-order valence-electron chi connectivity index (χ0n) is 14.8. The molecule has 2 aliphatic carbocycles. The maximum atomic E-state index is 13.1. The molecule has 1 aromatic carbocycles. The predicted molar refractivity (Wildman–Crippen MR) is 95.8 cm³/mol. The summed E-state index contributed by atoms with van der Waals surface area (Å²) in [4.78, 5) is 25.5. The summed E-state index contributed by atoms with van der Waals surface area (Å²) in [5.41, 5.74) is 2.58. The Labute approximate surface area is 144 Å². The van der Waals surface area contributed by atoms with E-state index in [2.05, 4.69) is 10.6 Å². The van der Waals surface area contributed by atoms with Gasteiger partial charge in [0.05, 0.1) is 5.41 Å². The average Bonchev–Trinajstić information content (AvgIpc) is 3.36. The van der Waals surface area contributed by atoms with Gasteiger partial charge in [0.15, 0.2) is 0 Å². The maximum Gasteiger partial charge on any atom is 0.231 e. The Kier molecular flexibility index (Phi) is 4.93. The number of carbonyl (C=O) groups excluding carboxylic acids is 2. The Morgan fingerprint density at radius 1 is 1.12 bits per heavy atom. The second kappa shape index (κ2) is 6.96.